The second kappa shape index (κ2) is 6.73. The molecule has 0 saturated carbocycles. The van der Waals surface area contributed by atoms with Crippen LogP contribution in [-0.4, -0.2) is 63.2 Å². The molecule has 2 atom stereocenters. The summed E-state index contributed by atoms with van der Waals surface area (Å²) in [5.74, 6) is -0.210. The third-order valence-electron chi connectivity index (χ3n) is 2.15. The number of hydrogen-bond donors (Lipinski definition) is 3. The van der Waals surface area contributed by atoms with Crippen molar-refractivity contribution in [1.82, 2.24) is 10.6 Å². The first-order valence-corrected chi connectivity index (χ1v) is 5.00. The molecule has 1 saturated heterocycles. The molecule has 1 aliphatic rings. The Balaban J connectivity index is 2.31. The molecule has 0 spiro atoms. The zero-order valence-corrected chi connectivity index (χ0v) is 8.86. The lowest BCUT2D eigenvalue weighted by molar-refractivity contribution is -0.135. The molecule has 1 amide bonds. The number of amides is 1. The van der Waals surface area contributed by atoms with E-state index in [0.717, 1.165) is 6.54 Å². The molecule has 1 rings (SSSR count). The van der Waals surface area contributed by atoms with E-state index in [4.69, 9.17) is 14.6 Å². The van der Waals surface area contributed by atoms with E-state index >= 15 is 0 Å². The molecule has 15 heavy (non-hydrogen) atoms. The third kappa shape index (κ3) is 4.13. The van der Waals surface area contributed by atoms with Gasteiger partial charge in [0.05, 0.1) is 25.9 Å². The zero-order chi connectivity index (χ0) is 11.1. The Bertz CT molecular complexity index is 195. The molecular weight excluding hydrogens is 200 g/mol. The number of nitrogens with one attached hydrogen (secondary N) is 2. The number of hydrogen-bond acceptors (Lipinski definition) is 5. The maximum Gasteiger partial charge on any atom is 0.250 e. The van der Waals surface area contributed by atoms with Gasteiger partial charge in [-0.1, -0.05) is 0 Å². The highest BCUT2D eigenvalue weighted by atomic mass is 16.5. The molecule has 0 aromatic carbocycles. The molecule has 0 aromatic rings. The van der Waals surface area contributed by atoms with E-state index in [9.17, 15) is 4.79 Å². The molecule has 2 unspecified atom stereocenters. The maximum absolute atomic E-state index is 11.6. The second-order valence-electron chi connectivity index (χ2n) is 3.41. The van der Waals surface area contributed by atoms with Crippen molar-refractivity contribution in [2.45, 2.75) is 12.1 Å². The second-order valence-corrected chi connectivity index (χ2v) is 3.41. The molecule has 0 radical (unpaired) electrons. The number of aliphatic hydroxyl groups is 1. The van der Waals surface area contributed by atoms with Crippen LogP contribution < -0.4 is 10.6 Å². The lowest BCUT2D eigenvalue weighted by atomic mass is 10.2. The van der Waals surface area contributed by atoms with Crippen molar-refractivity contribution in [1.29, 1.82) is 0 Å². The van der Waals surface area contributed by atoms with Gasteiger partial charge >= 0.3 is 0 Å². The normalized spacial score (nSPS) is 23.5. The highest BCUT2D eigenvalue weighted by Crippen LogP contribution is 1.97. The van der Waals surface area contributed by atoms with Crippen molar-refractivity contribution in [2.75, 3.05) is 40.0 Å². The Hall–Kier alpha value is -0.690. The summed E-state index contributed by atoms with van der Waals surface area (Å²) in [4.78, 5) is 11.6. The highest BCUT2D eigenvalue weighted by Gasteiger charge is 2.23. The average Bonchev–Trinajstić information content (AvgIpc) is 2.29. The van der Waals surface area contributed by atoms with Gasteiger partial charge < -0.3 is 25.2 Å². The zero-order valence-electron chi connectivity index (χ0n) is 8.86. The molecule has 3 N–H and O–H groups in total. The van der Waals surface area contributed by atoms with Gasteiger partial charge in [-0.15, -0.1) is 0 Å². The van der Waals surface area contributed by atoms with Crippen LogP contribution in [0.5, 0.6) is 0 Å². The molecule has 0 bridgehead atoms. The summed E-state index contributed by atoms with van der Waals surface area (Å²) < 4.78 is 10.1. The van der Waals surface area contributed by atoms with Gasteiger partial charge in [0.25, 0.3) is 5.91 Å². The third-order valence-corrected chi connectivity index (χ3v) is 2.15. The first kappa shape index (κ1) is 12.4. The van der Waals surface area contributed by atoms with Gasteiger partial charge in [-0.3, -0.25) is 4.79 Å². The van der Waals surface area contributed by atoms with E-state index < -0.39 is 6.10 Å². The largest absolute Gasteiger partial charge is 0.394 e. The standard InChI is InChI=1S/C9H18N2O4/c1-14-6-7(5-12)11-9(13)8-4-10-2-3-15-8/h7-8,10,12H,2-6H2,1H3,(H,11,13). The van der Waals surface area contributed by atoms with Crippen LogP contribution in [0.3, 0.4) is 0 Å². The average molecular weight is 218 g/mol. The molecule has 6 heteroatoms. The van der Waals surface area contributed by atoms with Gasteiger partial charge in [0.15, 0.2) is 0 Å². The number of morpholine rings is 1. The van der Waals surface area contributed by atoms with Crippen LogP contribution in [0.2, 0.25) is 0 Å². The van der Waals surface area contributed by atoms with E-state index in [-0.39, 0.29) is 18.6 Å². The summed E-state index contributed by atoms with van der Waals surface area (Å²) in [6.07, 6.45) is -0.468. The predicted octanol–water partition coefficient (Wildman–Crippen LogP) is -1.90. The summed E-state index contributed by atoms with van der Waals surface area (Å²) >= 11 is 0. The molecule has 1 fully saturated rings. The molecule has 1 aliphatic heterocycles. The summed E-state index contributed by atoms with van der Waals surface area (Å²) in [6.45, 7) is 1.97. The van der Waals surface area contributed by atoms with Crippen LogP contribution in [0, 0.1) is 0 Å². The predicted molar refractivity (Wildman–Crippen MR) is 53.5 cm³/mol. The van der Waals surface area contributed by atoms with Gasteiger partial charge in [0.2, 0.25) is 0 Å². The van der Waals surface area contributed by atoms with E-state index in [1.54, 1.807) is 0 Å². The molecule has 0 aromatic heterocycles. The molecule has 0 aliphatic carbocycles. The van der Waals surface area contributed by atoms with Gasteiger partial charge in [-0.05, 0) is 0 Å². The van der Waals surface area contributed by atoms with Crippen LogP contribution in [-0.2, 0) is 14.3 Å². The highest BCUT2D eigenvalue weighted by molar-refractivity contribution is 5.81. The van der Waals surface area contributed by atoms with Crippen molar-refractivity contribution < 1.29 is 19.4 Å². The first-order valence-electron chi connectivity index (χ1n) is 5.00. The number of rotatable bonds is 5. The van der Waals surface area contributed by atoms with E-state index in [0.29, 0.717) is 19.8 Å². The minimum Gasteiger partial charge on any atom is -0.394 e. The first-order chi connectivity index (χ1) is 7.27. The van der Waals surface area contributed by atoms with Crippen molar-refractivity contribution in [3.63, 3.8) is 0 Å². The summed E-state index contributed by atoms with van der Waals surface area (Å²) in [5.41, 5.74) is 0. The monoisotopic (exact) mass is 218 g/mol. The fourth-order valence-electron chi connectivity index (χ4n) is 1.37. The molecule has 88 valence electrons. The van der Waals surface area contributed by atoms with E-state index in [1.165, 1.54) is 7.11 Å². The minimum absolute atomic E-state index is 0.139. The minimum atomic E-state index is -0.468. The Kier molecular flexibility index (Phi) is 5.56. The Morgan fingerprint density at radius 2 is 2.60 bits per heavy atom. The molecular formula is C9H18N2O4. The molecule has 6 nitrogen and oxygen atoms in total. The van der Waals surface area contributed by atoms with Gasteiger partial charge in [0.1, 0.15) is 6.10 Å². The van der Waals surface area contributed by atoms with Crippen molar-refractivity contribution in [3.05, 3.63) is 0 Å². The van der Waals surface area contributed by atoms with Crippen LogP contribution in [0.4, 0.5) is 0 Å². The van der Waals surface area contributed by atoms with Crippen molar-refractivity contribution in [2.24, 2.45) is 0 Å². The smallest absolute Gasteiger partial charge is 0.250 e. The summed E-state index contributed by atoms with van der Waals surface area (Å²) in [5, 5.41) is 14.7. The maximum atomic E-state index is 11.6. The fourth-order valence-corrected chi connectivity index (χ4v) is 1.37. The van der Waals surface area contributed by atoms with Gasteiger partial charge in [-0.25, -0.2) is 0 Å². The van der Waals surface area contributed by atoms with Crippen LogP contribution in [0.15, 0.2) is 0 Å². The quantitative estimate of drug-likeness (QED) is 0.502. The topological polar surface area (TPSA) is 79.8 Å². The van der Waals surface area contributed by atoms with E-state index in [2.05, 4.69) is 10.6 Å². The van der Waals surface area contributed by atoms with Crippen LogP contribution in [0.1, 0.15) is 0 Å². The Labute approximate surface area is 88.9 Å². The van der Waals surface area contributed by atoms with Crippen molar-refractivity contribution >= 4 is 5.91 Å². The number of aliphatic hydroxyl groups excluding tert-OH is 1. The number of carbonyl (C=O) groups is 1. The summed E-state index contributed by atoms with van der Waals surface area (Å²) in [7, 11) is 1.52. The van der Waals surface area contributed by atoms with Crippen LogP contribution >= 0.6 is 0 Å². The fraction of sp³-hybridized carbons (Fsp3) is 0.889. The van der Waals surface area contributed by atoms with Crippen molar-refractivity contribution in [3.8, 4) is 0 Å². The van der Waals surface area contributed by atoms with Gasteiger partial charge in [-0.2, -0.15) is 0 Å². The SMILES string of the molecule is COCC(CO)NC(=O)C1CNCCO1. The lowest BCUT2D eigenvalue weighted by Crippen LogP contribution is -2.52. The number of ether oxygens (including phenoxy) is 2. The molecule has 1 heterocycles. The Morgan fingerprint density at radius 3 is 3.13 bits per heavy atom. The van der Waals surface area contributed by atoms with E-state index in [1.807, 2.05) is 0 Å². The summed E-state index contributed by atoms with van der Waals surface area (Å²) in [6, 6.07) is -0.368. The Morgan fingerprint density at radius 1 is 1.80 bits per heavy atom. The lowest BCUT2D eigenvalue weighted by Gasteiger charge is -2.24. The van der Waals surface area contributed by atoms with Crippen LogP contribution in [0.25, 0.3) is 0 Å². The van der Waals surface area contributed by atoms with Gasteiger partial charge in [0, 0.05) is 20.2 Å². The number of methoxy groups -OCH3 is 1. The number of carbonyl (C=O) groups excluding carboxylic acids is 1.